The van der Waals surface area contributed by atoms with Crippen molar-refractivity contribution in [1.82, 2.24) is 0 Å². The summed E-state index contributed by atoms with van der Waals surface area (Å²) in [5, 5.41) is 0. The van der Waals surface area contributed by atoms with Gasteiger partial charge < -0.3 is 14.5 Å². The van der Waals surface area contributed by atoms with E-state index in [2.05, 4.69) is 218 Å². The minimum Gasteiger partial charge on any atom is -0.451 e. The van der Waals surface area contributed by atoms with Crippen molar-refractivity contribution in [2.24, 2.45) is 0 Å². The van der Waals surface area contributed by atoms with Crippen LogP contribution < -0.4 is 14.5 Å². The second-order valence-electron chi connectivity index (χ2n) is 14.6. The lowest BCUT2D eigenvalue weighted by Crippen LogP contribution is -2.32. The lowest BCUT2D eigenvalue weighted by molar-refractivity contribution is 0.472. The van der Waals surface area contributed by atoms with Gasteiger partial charge in [0.1, 0.15) is 0 Å². The van der Waals surface area contributed by atoms with Crippen molar-refractivity contribution in [3.8, 4) is 44.9 Å². The van der Waals surface area contributed by atoms with Gasteiger partial charge in [0.2, 0.25) is 0 Å². The van der Waals surface area contributed by atoms with Gasteiger partial charge in [0, 0.05) is 16.8 Å². The van der Waals surface area contributed by atoms with E-state index in [4.69, 9.17) is 4.74 Å². The number of hydrogen-bond acceptors (Lipinski definition) is 3. The van der Waals surface area contributed by atoms with Gasteiger partial charge in [-0.05, 0) is 93.0 Å². The molecule has 0 saturated carbocycles. The van der Waals surface area contributed by atoms with Gasteiger partial charge in [0.15, 0.2) is 11.5 Å². The maximum absolute atomic E-state index is 7.25. The van der Waals surface area contributed by atoms with E-state index in [0.717, 1.165) is 51.1 Å². The molecule has 0 amide bonds. The van der Waals surface area contributed by atoms with Gasteiger partial charge in [-0.3, -0.25) is 0 Å². The van der Waals surface area contributed by atoms with Crippen LogP contribution in [0.25, 0.3) is 33.4 Å². The fourth-order valence-corrected chi connectivity index (χ4v) is 8.27. The molecule has 0 aromatic heterocycles. The smallest absolute Gasteiger partial charge is 0.175 e. The average Bonchev–Trinajstić information content (AvgIpc) is 3.24. The number of rotatable bonds is 6. The zero-order valence-corrected chi connectivity index (χ0v) is 30.3. The van der Waals surface area contributed by atoms with E-state index in [9.17, 15) is 0 Å². The zero-order valence-electron chi connectivity index (χ0n) is 30.3. The standard InChI is InChI=1S/C51H38N2O/c1-51(2)43-20-12-13-21-45(43)53-46-32-26-40(37-18-10-5-11-19-37)34-48(46)54-50-47(33-31-44(51)49(50)53)52(41-27-22-38(23-28-41)35-14-6-3-7-15-35)42-29-24-39(25-30-42)36-16-8-4-9-17-36/h3-34H,1-2H3. The third-order valence-electron chi connectivity index (χ3n) is 11.1. The highest BCUT2D eigenvalue weighted by molar-refractivity contribution is 5.98. The molecule has 10 rings (SSSR count). The van der Waals surface area contributed by atoms with Crippen molar-refractivity contribution in [1.29, 1.82) is 0 Å². The van der Waals surface area contributed by atoms with Gasteiger partial charge >= 0.3 is 0 Å². The first-order chi connectivity index (χ1) is 26.5. The minimum atomic E-state index is -0.250. The van der Waals surface area contributed by atoms with Crippen LogP contribution in [-0.2, 0) is 5.41 Å². The molecule has 2 aliphatic rings. The molecular weight excluding hydrogens is 657 g/mol. The quantitative estimate of drug-likeness (QED) is 0.172. The van der Waals surface area contributed by atoms with Crippen LogP contribution in [0.1, 0.15) is 25.0 Å². The average molecular weight is 695 g/mol. The van der Waals surface area contributed by atoms with E-state index in [1.807, 2.05) is 0 Å². The highest BCUT2D eigenvalue weighted by Gasteiger charge is 2.43. The third kappa shape index (κ3) is 5.20. The Bertz CT molecular complexity index is 2550. The Morgan fingerprint density at radius 3 is 1.48 bits per heavy atom. The molecule has 8 aromatic carbocycles. The van der Waals surface area contributed by atoms with E-state index in [0.29, 0.717) is 0 Å². The van der Waals surface area contributed by atoms with Gasteiger partial charge in [-0.2, -0.15) is 0 Å². The Balaban J connectivity index is 1.19. The predicted octanol–water partition coefficient (Wildman–Crippen LogP) is 14.4. The molecule has 0 N–H and O–H groups in total. The SMILES string of the molecule is CC1(C)c2ccccc2N2c3ccc(-c4ccccc4)cc3Oc3c(N(c4ccc(-c5ccccc5)cc4)c4ccc(-c5ccccc5)cc4)ccc1c32. The summed E-state index contributed by atoms with van der Waals surface area (Å²) in [7, 11) is 0. The van der Waals surface area contributed by atoms with Crippen molar-refractivity contribution in [3.63, 3.8) is 0 Å². The number of anilines is 6. The van der Waals surface area contributed by atoms with Gasteiger partial charge in [-0.1, -0.05) is 159 Å². The van der Waals surface area contributed by atoms with Gasteiger partial charge in [-0.15, -0.1) is 0 Å². The molecule has 0 atom stereocenters. The fourth-order valence-electron chi connectivity index (χ4n) is 8.27. The third-order valence-corrected chi connectivity index (χ3v) is 11.1. The lowest BCUT2D eigenvalue weighted by Gasteiger charge is -2.46. The van der Waals surface area contributed by atoms with E-state index in [1.165, 1.54) is 39.1 Å². The minimum absolute atomic E-state index is 0.250. The molecule has 3 heteroatoms. The monoisotopic (exact) mass is 694 g/mol. The summed E-state index contributed by atoms with van der Waals surface area (Å²) in [6.07, 6.45) is 0. The van der Waals surface area contributed by atoms with Crippen molar-refractivity contribution in [3.05, 3.63) is 205 Å². The number of ether oxygens (including phenoxy) is 1. The van der Waals surface area contributed by atoms with Crippen LogP contribution in [0.5, 0.6) is 11.5 Å². The van der Waals surface area contributed by atoms with Crippen molar-refractivity contribution in [2.45, 2.75) is 19.3 Å². The van der Waals surface area contributed by atoms with Crippen LogP contribution in [-0.4, -0.2) is 0 Å². The molecule has 54 heavy (non-hydrogen) atoms. The molecule has 0 aliphatic carbocycles. The van der Waals surface area contributed by atoms with E-state index >= 15 is 0 Å². The van der Waals surface area contributed by atoms with Crippen LogP contribution in [0, 0.1) is 0 Å². The molecule has 3 nitrogen and oxygen atoms in total. The molecule has 0 saturated heterocycles. The Hall–Kier alpha value is -6.84. The molecule has 2 aliphatic heterocycles. The fraction of sp³-hybridized carbons (Fsp3) is 0.0588. The second kappa shape index (κ2) is 12.7. The number of nitrogens with zero attached hydrogens (tertiary/aromatic N) is 2. The summed E-state index contributed by atoms with van der Waals surface area (Å²) in [5.74, 6) is 1.67. The molecule has 0 radical (unpaired) electrons. The van der Waals surface area contributed by atoms with Gasteiger partial charge in [0.25, 0.3) is 0 Å². The molecule has 0 unspecified atom stereocenters. The second-order valence-corrected chi connectivity index (χ2v) is 14.6. The number of benzene rings is 8. The predicted molar refractivity (Wildman–Crippen MR) is 224 cm³/mol. The molecule has 0 bridgehead atoms. The Kier molecular flexibility index (Phi) is 7.48. The summed E-state index contributed by atoms with van der Waals surface area (Å²) in [6.45, 7) is 4.66. The topological polar surface area (TPSA) is 15.7 Å². The maximum atomic E-state index is 7.25. The van der Waals surface area contributed by atoms with Crippen molar-refractivity contribution < 1.29 is 4.74 Å². The first kappa shape index (κ1) is 31.9. The van der Waals surface area contributed by atoms with E-state index < -0.39 is 0 Å². The Morgan fingerprint density at radius 1 is 0.426 bits per heavy atom. The Morgan fingerprint density at radius 2 is 0.907 bits per heavy atom. The summed E-state index contributed by atoms with van der Waals surface area (Å²) in [5.41, 5.74) is 15.7. The van der Waals surface area contributed by atoms with Crippen molar-refractivity contribution in [2.75, 3.05) is 9.80 Å². The normalized spacial score (nSPS) is 13.3. The molecule has 258 valence electrons. The van der Waals surface area contributed by atoms with Crippen LogP contribution in [0.3, 0.4) is 0 Å². The van der Waals surface area contributed by atoms with Gasteiger partial charge in [0.05, 0.1) is 22.7 Å². The summed E-state index contributed by atoms with van der Waals surface area (Å²) < 4.78 is 7.25. The molecule has 0 spiro atoms. The molecule has 2 heterocycles. The molecule has 0 fully saturated rings. The first-order valence-electron chi connectivity index (χ1n) is 18.6. The lowest BCUT2D eigenvalue weighted by atomic mass is 9.73. The highest BCUT2D eigenvalue weighted by atomic mass is 16.5. The first-order valence-corrected chi connectivity index (χ1v) is 18.6. The highest BCUT2D eigenvalue weighted by Crippen LogP contribution is 2.63. The van der Waals surface area contributed by atoms with Gasteiger partial charge in [-0.25, -0.2) is 0 Å². The molecule has 8 aromatic rings. The van der Waals surface area contributed by atoms with E-state index in [-0.39, 0.29) is 5.41 Å². The number of para-hydroxylation sites is 1. The Labute approximate surface area is 317 Å². The summed E-state index contributed by atoms with van der Waals surface area (Å²) in [4.78, 5) is 4.77. The van der Waals surface area contributed by atoms with Crippen LogP contribution >= 0.6 is 0 Å². The van der Waals surface area contributed by atoms with Crippen molar-refractivity contribution >= 4 is 34.1 Å². The largest absolute Gasteiger partial charge is 0.451 e. The summed E-state index contributed by atoms with van der Waals surface area (Å²) in [6, 6.07) is 69.4. The molecular formula is C51H38N2O. The number of hydrogen-bond donors (Lipinski definition) is 0. The van der Waals surface area contributed by atoms with Crippen LogP contribution in [0.4, 0.5) is 34.1 Å². The van der Waals surface area contributed by atoms with E-state index in [1.54, 1.807) is 0 Å². The van der Waals surface area contributed by atoms with Crippen LogP contribution in [0.15, 0.2) is 194 Å². The maximum Gasteiger partial charge on any atom is 0.175 e. The van der Waals surface area contributed by atoms with Crippen LogP contribution in [0.2, 0.25) is 0 Å². The number of fused-ring (bicyclic) bond motifs is 4. The zero-order chi connectivity index (χ0) is 36.2. The summed E-state index contributed by atoms with van der Waals surface area (Å²) >= 11 is 0.